The van der Waals surface area contributed by atoms with Crippen LogP contribution in [0, 0.1) is 5.92 Å². The first-order chi connectivity index (χ1) is 6.00. The molecule has 0 aromatic rings. The summed E-state index contributed by atoms with van der Waals surface area (Å²) in [5.41, 5.74) is 0. The quantitative estimate of drug-likeness (QED) is 0.644. The Balaban J connectivity index is 2.46. The maximum absolute atomic E-state index is 2.52. The molecule has 0 amide bonds. The molecular weight excluding hydrogens is 160 g/mol. The number of likely N-dealkylation sites (N-methyl/N-ethyl adjacent to an activating group) is 2. The maximum Gasteiger partial charge on any atom is 0.0223 e. The standard InChI is InChI=1S/C11H24N2/c1-9(2)6-11-8-12(4)10(3)7-13(11)5/h9-11H,6-8H2,1-5H3. The van der Waals surface area contributed by atoms with Crippen molar-refractivity contribution in [1.29, 1.82) is 0 Å². The van der Waals surface area contributed by atoms with Crippen molar-refractivity contribution >= 4 is 0 Å². The van der Waals surface area contributed by atoms with Gasteiger partial charge in [-0.1, -0.05) is 13.8 Å². The van der Waals surface area contributed by atoms with Crippen molar-refractivity contribution in [1.82, 2.24) is 9.80 Å². The SMILES string of the molecule is CC(C)CC1CN(C)C(C)CN1C. The van der Waals surface area contributed by atoms with Crippen LogP contribution in [0.3, 0.4) is 0 Å². The molecule has 1 aliphatic heterocycles. The molecule has 1 aliphatic rings. The van der Waals surface area contributed by atoms with E-state index in [9.17, 15) is 0 Å². The fourth-order valence-corrected chi connectivity index (χ4v) is 2.16. The van der Waals surface area contributed by atoms with E-state index in [4.69, 9.17) is 0 Å². The van der Waals surface area contributed by atoms with Gasteiger partial charge in [-0.05, 0) is 33.4 Å². The summed E-state index contributed by atoms with van der Waals surface area (Å²) < 4.78 is 0. The zero-order chi connectivity index (χ0) is 10.0. The van der Waals surface area contributed by atoms with Crippen LogP contribution >= 0.6 is 0 Å². The molecule has 1 rings (SSSR count). The fourth-order valence-electron chi connectivity index (χ4n) is 2.16. The van der Waals surface area contributed by atoms with Crippen molar-refractivity contribution in [3.63, 3.8) is 0 Å². The summed E-state index contributed by atoms with van der Waals surface area (Å²) in [6.07, 6.45) is 1.33. The molecule has 0 aromatic carbocycles. The first-order valence-corrected chi connectivity index (χ1v) is 5.41. The highest BCUT2D eigenvalue weighted by molar-refractivity contribution is 4.83. The second-order valence-electron chi connectivity index (χ2n) is 5.01. The van der Waals surface area contributed by atoms with Gasteiger partial charge in [0.15, 0.2) is 0 Å². The third kappa shape index (κ3) is 2.96. The molecule has 13 heavy (non-hydrogen) atoms. The van der Waals surface area contributed by atoms with Crippen LogP contribution in [0.1, 0.15) is 27.2 Å². The van der Waals surface area contributed by atoms with Crippen LogP contribution in [0.2, 0.25) is 0 Å². The second kappa shape index (κ2) is 4.43. The Morgan fingerprint density at radius 2 is 1.77 bits per heavy atom. The van der Waals surface area contributed by atoms with E-state index in [0.717, 1.165) is 12.0 Å². The number of piperazine rings is 1. The Kier molecular flexibility index (Phi) is 3.74. The highest BCUT2D eigenvalue weighted by atomic mass is 15.3. The van der Waals surface area contributed by atoms with Crippen LogP contribution < -0.4 is 0 Å². The van der Waals surface area contributed by atoms with E-state index in [0.29, 0.717) is 6.04 Å². The van der Waals surface area contributed by atoms with E-state index in [-0.39, 0.29) is 0 Å². The van der Waals surface area contributed by atoms with Crippen LogP contribution in [0.5, 0.6) is 0 Å². The van der Waals surface area contributed by atoms with Gasteiger partial charge in [-0.25, -0.2) is 0 Å². The lowest BCUT2D eigenvalue weighted by Crippen LogP contribution is -2.54. The zero-order valence-electron chi connectivity index (χ0n) is 9.75. The average molecular weight is 184 g/mol. The average Bonchev–Trinajstić information content (AvgIpc) is 1.99. The van der Waals surface area contributed by atoms with Crippen molar-refractivity contribution in [2.45, 2.75) is 39.3 Å². The van der Waals surface area contributed by atoms with Gasteiger partial charge >= 0.3 is 0 Å². The number of hydrogen-bond donors (Lipinski definition) is 0. The van der Waals surface area contributed by atoms with Gasteiger partial charge in [0.1, 0.15) is 0 Å². The van der Waals surface area contributed by atoms with Crippen molar-refractivity contribution in [3.8, 4) is 0 Å². The molecule has 2 heteroatoms. The minimum absolute atomic E-state index is 0.716. The Labute approximate surface area is 82.9 Å². The van der Waals surface area contributed by atoms with Crippen molar-refractivity contribution < 1.29 is 0 Å². The molecule has 0 radical (unpaired) electrons. The summed E-state index contributed by atoms with van der Waals surface area (Å²) in [4.78, 5) is 5.00. The van der Waals surface area contributed by atoms with Crippen LogP contribution in [-0.2, 0) is 0 Å². The highest BCUT2D eigenvalue weighted by Gasteiger charge is 2.26. The predicted molar refractivity (Wildman–Crippen MR) is 58.0 cm³/mol. The minimum atomic E-state index is 0.716. The van der Waals surface area contributed by atoms with Gasteiger partial charge < -0.3 is 9.80 Å². The molecule has 78 valence electrons. The zero-order valence-corrected chi connectivity index (χ0v) is 9.75. The monoisotopic (exact) mass is 184 g/mol. The third-order valence-corrected chi connectivity index (χ3v) is 3.17. The fraction of sp³-hybridized carbons (Fsp3) is 1.00. The van der Waals surface area contributed by atoms with Crippen LogP contribution in [0.15, 0.2) is 0 Å². The van der Waals surface area contributed by atoms with Gasteiger partial charge in [0.05, 0.1) is 0 Å². The molecule has 0 spiro atoms. The highest BCUT2D eigenvalue weighted by Crippen LogP contribution is 2.17. The van der Waals surface area contributed by atoms with Gasteiger partial charge in [0.2, 0.25) is 0 Å². The topological polar surface area (TPSA) is 6.48 Å². The van der Waals surface area contributed by atoms with Crippen LogP contribution in [-0.4, -0.2) is 49.1 Å². The van der Waals surface area contributed by atoms with E-state index >= 15 is 0 Å². The van der Waals surface area contributed by atoms with E-state index in [1.165, 1.54) is 19.5 Å². The Hall–Kier alpha value is -0.0800. The number of hydrogen-bond acceptors (Lipinski definition) is 2. The van der Waals surface area contributed by atoms with E-state index < -0.39 is 0 Å². The maximum atomic E-state index is 2.52. The molecule has 1 fully saturated rings. The number of nitrogens with zero attached hydrogens (tertiary/aromatic N) is 2. The summed E-state index contributed by atoms with van der Waals surface area (Å²) in [7, 11) is 4.50. The van der Waals surface area contributed by atoms with Gasteiger partial charge in [0, 0.05) is 25.2 Å². The lowest BCUT2D eigenvalue weighted by atomic mass is 9.99. The number of rotatable bonds is 2. The Morgan fingerprint density at radius 3 is 2.31 bits per heavy atom. The van der Waals surface area contributed by atoms with Crippen molar-refractivity contribution in [2.75, 3.05) is 27.2 Å². The molecule has 0 saturated carbocycles. The van der Waals surface area contributed by atoms with Crippen molar-refractivity contribution in [2.24, 2.45) is 5.92 Å². The van der Waals surface area contributed by atoms with Gasteiger partial charge in [0.25, 0.3) is 0 Å². The lowest BCUT2D eigenvalue weighted by Gasteiger charge is -2.42. The summed E-state index contributed by atoms with van der Waals surface area (Å²) in [6, 6.07) is 1.48. The first-order valence-electron chi connectivity index (χ1n) is 5.41. The minimum Gasteiger partial charge on any atom is -0.301 e. The largest absolute Gasteiger partial charge is 0.301 e. The van der Waals surface area contributed by atoms with Crippen LogP contribution in [0.25, 0.3) is 0 Å². The van der Waals surface area contributed by atoms with E-state index in [1.54, 1.807) is 0 Å². The predicted octanol–water partition coefficient (Wildman–Crippen LogP) is 1.67. The third-order valence-electron chi connectivity index (χ3n) is 3.17. The normalized spacial score (nSPS) is 32.8. The molecule has 1 heterocycles. The Morgan fingerprint density at radius 1 is 1.15 bits per heavy atom. The van der Waals surface area contributed by atoms with Gasteiger partial charge in [-0.2, -0.15) is 0 Å². The van der Waals surface area contributed by atoms with E-state index in [1.807, 2.05) is 0 Å². The molecule has 2 atom stereocenters. The van der Waals surface area contributed by atoms with E-state index in [2.05, 4.69) is 44.7 Å². The smallest absolute Gasteiger partial charge is 0.0223 e. The molecule has 0 bridgehead atoms. The molecular formula is C11H24N2. The van der Waals surface area contributed by atoms with Crippen molar-refractivity contribution in [3.05, 3.63) is 0 Å². The summed E-state index contributed by atoms with van der Waals surface area (Å²) in [6.45, 7) is 9.38. The first kappa shape index (κ1) is 11.0. The molecule has 2 nitrogen and oxygen atoms in total. The Bertz CT molecular complexity index is 156. The molecule has 0 N–H and O–H groups in total. The summed E-state index contributed by atoms with van der Waals surface area (Å²) >= 11 is 0. The van der Waals surface area contributed by atoms with Gasteiger partial charge in [-0.15, -0.1) is 0 Å². The summed E-state index contributed by atoms with van der Waals surface area (Å²) in [5.74, 6) is 0.814. The molecule has 2 unspecified atom stereocenters. The summed E-state index contributed by atoms with van der Waals surface area (Å²) in [5, 5.41) is 0. The lowest BCUT2D eigenvalue weighted by molar-refractivity contribution is 0.0610. The van der Waals surface area contributed by atoms with Crippen LogP contribution in [0.4, 0.5) is 0 Å². The molecule has 0 aromatic heterocycles. The molecule has 1 saturated heterocycles. The molecule has 0 aliphatic carbocycles. The second-order valence-corrected chi connectivity index (χ2v) is 5.01. The van der Waals surface area contributed by atoms with Gasteiger partial charge in [-0.3, -0.25) is 0 Å².